The van der Waals surface area contributed by atoms with E-state index in [0.717, 1.165) is 16.9 Å². The van der Waals surface area contributed by atoms with Gasteiger partial charge in [0.15, 0.2) is 5.82 Å². The Bertz CT molecular complexity index is 896. The Morgan fingerprint density at radius 3 is 2.82 bits per heavy atom. The van der Waals surface area contributed by atoms with Crippen molar-refractivity contribution in [3.8, 4) is 0 Å². The van der Waals surface area contributed by atoms with Crippen LogP contribution in [0.25, 0.3) is 16.7 Å². The van der Waals surface area contributed by atoms with Crippen LogP contribution in [-0.2, 0) is 13.6 Å². The van der Waals surface area contributed by atoms with Crippen molar-refractivity contribution in [3.63, 3.8) is 0 Å². The number of nitrogens with zero attached hydrogens (tertiary/aromatic N) is 5. The molecule has 2 aromatic heterocycles. The van der Waals surface area contributed by atoms with Crippen molar-refractivity contribution in [2.45, 2.75) is 13.5 Å². The number of fused-ring (bicyclic) bond motifs is 3. The topological polar surface area (TPSA) is 75.7 Å². The van der Waals surface area contributed by atoms with Crippen LogP contribution in [0.3, 0.4) is 0 Å². The molecule has 0 saturated carbocycles. The highest BCUT2D eigenvalue weighted by Crippen LogP contribution is 2.16. The third kappa shape index (κ3) is 2.28. The van der Waals surface area contributed by atoms with Gasteiger partial charge in [-0.25, -0.2) is 0 Å². The zero-order valence-corrected chi connectivity index (χ0v) is 12.9. The molecule has 7 nitrogen and oxygen atoms in total. The number of hydrogen-bond acceptors (Lipinski definition) is 5. The predicted molar refractivity (Wildman–Crippen MR) is 83.9 cm³/mol. The first-order chi connectivity index (χ1) is 10.5. The molecule has 0 aliphatic rings. The molecule has 1 N–H and O–H groups in total. The van der Waals surface area contributed by atoms with Gasteiger partial charge in [-0.1, -0.05) is 11.6 Å². The van der Waals surface area contributed by atoms with Crippen molar-refractivity contribution >= 4 is 16.7 Å². The van der Waals surface area contributed by atoms with E-state index < -0.39 is 0 Å². The number of rotatable bonds is 4. The van der Waals surface area contributed by atoms with Gasteiger partial charge in [0.2, 0.25) is 5.78 Å². The number of aryl methyl sites for hydroxylation is 2. The molecule has 0 saturated heterocycles. The predicted octanol–water partition coefficient (Wildman–Crippen LogP) is 0.314. The Labute approximate surface area is 127 Å². The summed E-state index contributed by atoms with van der Waals surface area (Å²) in [7, 11) is 3.61. The van der Waals surface area contributed by atoms with Crippen molar-refractivity contribution in [3.05, 3.63) is 39.9 Å². The molecular formula is C15H19N5O2. The lowest BCUT2D eigenvalue weighted by Gasteiger charge is -2.14. The molecule has 7 heteroatoms. The third-order valence-electron chi connectivity index (χ3n) is 3.83. The van der Waals surface area contributed by atoms with Crippen molar-refractivity contribution < 1.29 is 5.11 Å². The van der Waals surface area contributed by atoms with Crippen molar-refractivity contribution in [1.29, 1.82) is 0 Å². The second-order valence-corrected chi connectivity index (χ2v) is 5.60. The van der Waals surface area contributed by atoms with Crippen molar-refractivity contribution in [2.24, 2.45) is 7.05 Å². The van der Waals surface area contributed by atoms with Gasteiger partial charge < -0.3 is 5.11 Å². The molecule has 0 fully saturated rings. The van der Waals surface area contributed by atoms with Crippen LogP contribution in [0.15, 0.2) is 23.0 Å². The maximum atomic E-state index is 12.5. The van der Waals surface area contributed by atoms with Crippen LogP contribution in [0.2, 0.25) is 0 Å². The molecule has 0 unspecified atom stereocenters. The molecule has 3 rings (SSSR count). The summed E-state index contributed by atoms with van der Waals surface area (Å²) in [6, 6.07) is 5.79. The van der Waals surface area contributed by atoms with Crippen molar-refractivity contribution in [1.82, 2.24) is 24.1 Å². The van der Waals surface area contributed by atoms with E-state index in [1.165, 1.54) is 4.57 Å². The average Bonchev–Trinajstić information content (AvgIpc) is 2.89. The molecule has 1 aromatic carbocycles. The maximum Gasteiger partial charge on any atom is 0.262 e. The zero-order valence-electron chi connectivity index (χ0n) is 12.9. The van der Waals surface area contributed by atoms with Gasteiger partial charge in [0.1, 0.15) is 0 Å². The van der Waals surface area contributed by atoms with Crippen LogP contribution in [0, 0.1) is 6.92 Å². The van der Waals surface area contributed by atoms with E-state index >= 15 is 0 Å². The van der Waals surface area contributed by atoms with Crippen molar-refractivity contribution in [2.75, 3.05) is 20.2 Å². The SMILES string of the molecule is Cc1ccc2c(c1)c(=O)n(C)c1nnc(CN(C)CCO)n21. The van der Waals surface area contributed by atoms with Crippen LogP contribution >= 0.6 is 0 Å². The van der Waals surface area contributed by atoms with E-state index in [2.05, 4.69) is 10.2 Å². The van der Waals surface area contributed by atoms with Gasteiger partial charge in [0.25, 0.3) is 5.56 Å². The minimum absolute atomic E-state index is 0.0751. The number of aliphatic hydroxyl groups excluding tert-OH is 1. The Morgan fingerprint density at radius 2 is 2.09 bits per heavy atom. The van der Waals surface area contributed by atoms with E-state index in [1.807, 2.05) is 41.5 Å². The lowest BCUT2D eigenvalue weighted by Crippen LogP contribution is -2.24. The van der Waals surface area contributed by atoms with Crippen LogP contribution in [0.1, 0.15) is 11.4 Å². The van der Waals surface area contributed by atoms with E-state index in [0.29, 0.717) is 24.3 Å². The molecule has 22 heavy (non-hydrogen) atoms. The minimum Gasteiger partial charge on any atom is -0.395 e. The molecule has 2 heterocycles. The maximum absolute atomic E-state index is 12.5. The largest absolute Gasteiger partial charge is 0.395 e. The summed E-state index contributed by atoms with van der Waals surface area (Å²) >= 11 is 0. The first-order valence-corrected chi connectivity index (χ1v) is 7.15. The molecule has 0 amide bonds. The van der Waals surface area contributed by atoms with Gasteiger partial charge in [-0.15, -0.1) is 10.2 Å². The Kier molecular flexibility index (Phi) is 3.67. The highest BCUT2D eigenvalue weighted by Gasteiger charge is 2.15. The fraction of sp³-hybridized carbons (Fsp3) is 0.400. The van der Waals surface area contributed by atoms with Crippen LogP contribution in [-0.4, -0.2) is 49.4 Å². The van der Waals surface area contributed by atoms with E-state index in [4.69, 9.17) is 5.11 Å². The number of aromatic nitrogens is 4. The fourth-order valence-corrected chi connectivity index (χ4v) is 2.65. The number of aliphatic hydroxyl groups is 1. The summed E-state index contributed by atoms with van der Waals surface area (Å²) in [5.74, 6) is 1.27. The highest BCUT2D eigenvalue weighted by molar-refractivity contribution is 5.81. The minimum atomic E-state index is -0.0751. The lowest BCUT2D eigenvalue weighted by molar-refractivity contribution is 0.214. The first kappa shape index (κ1) is 14.7. The Morgan fingerprint density at radius 1 is 1.32 bits per heavy atom. The van der Waals surface area contributed by atoms with Crippen LogP contribution in [0.5, 0.6) is 0 Å². The highest BCUT2D eigenvalue weighted by atomic mass is 16.3. The molecule has 3 aromatic rings. The fourth-order valence-electron chi connectivity index (χ4n) is 2.65. The summed E-state index contributed by atoms with van der Waals surface area (Å²) in [5.41, 5.74) is 1.77. The molecule has 0 radical (unpaired) electrons. The second kappa shape index (κ2) is 5.51. The summed E-state index contributed by atoms with van der Waals surface area (Å²) < 4.78 is 3.42. The van der Waals surface area contributed by atoms with Gasteiger partial charge in [-0.05, 0) is 26.1 Å². The molecule has 116 valence electrons. The number of likely N-dealkylation sites (N-methyl/N-ethyl adjacent to an activating group) is 1. The Hall–Kier alpha value is -2.25. The number of benzene rings is 1. The zero-order chi connectivity index (χ0) is 15.9. The van der Waals surface area contributed by atoms with Gasteiger partial charge in [-0.3, -0.25) is 18.7 Å². The standard InChI is InChI=1S/C15H19N5O2/c1-10-4-5-12-11(8-10)14(22)19(3)15-17-16-13(20(12)15)9-18(2)6-7-21/h4-5,8,21H,6-7,9H2,1-3H3. The van der Waals surface area contributed by atoms with Gasteiger partial charge in [0.05, 0.1) is 24.1 Å². The quantitative estimate of drug-likeness (QED) is 0.751. The third-order valence-corrected chi connectivity index (χ3v) is 3.83. The second-order valence-electron chi connectivity index (χ2n) is 5.60. The summed E-state index contributed by atoms with van der Waals surface area (Å²) in [6.45, 7) is 3.15. The van der Waals surface area contributed by atoms with E-state index in [9.17, 15) is 4.79 Å². The summed E-state index contributed by atoms with van der Waals surface area (Å²) in [6.07, 6.45) is 0. The van der Waals surface area contributed by atoms with E-state index in [1.54, 1.807) is 7.05 Å². The molecule has 0 bridgehead atoms. The first-order valence-electron chi connectivity index (χ1n) is 7.15. The van der Waals surface area contributed by atoms with Crippen LogP contribution in [0.4, 0.5) is 0 Å². The number of hydrogen-bond donors (Lipinski definition) is 1. The van der Waals surface area contributed by atoms with Crippen LogP contribution < -0.4 is 5.56 Å². The van der Waals surface area contributed by atoms with Gasteiger partial charge in [-0.2, -0.15) is 0 Å². The van der Waals surface area contributed by atoms with E-state index in [-0.39, 0.29) is 12.2 Å². The smallest absolute Gasteiger partial charge is 0.262 e. The summed E-state index contributed by atoms with van der Waals surface area (Å²) in [4.78, 5) is 14.4. The Balaban J connectivity index is 2.29. The van der Waals surface area contributed by atoms with Gasteiger partial charge in [0, 0.05) is 13.6 Å². The molecule has 0 atom stereocenters. The molecule has 0 aliphatic heterocycles. The molecule has 0 spiro atoms. The lowest BCUT2D eigenvalue weighted by atomic mass is 10.1. The molecule has 0 aliphatic carbocycles. The van der Waals surface area contributed by atoms with Gasteiger partial charge >= 0.3 is 0 Å². The monoisotopic (exact) mass is 301 g/mol. The summed E-state index contributed by atoms with van der Waals surface area (Å²) in [5, 5.41) is 18.1. The normalized spacial score (nSPS) is 11.9. The molecular weight excluding hydrogens is 282 g/mol. The average molecular weight is 301 g/mol.